The van der Waals surface area contributed by atoms with Crippen LogP contribution in [-0.2, 0) is 18.4 Å². The van der Waals surface area contributed by atoms with Gasteiger partial charge in [0.1, 0.15) is 17.9 Å². The van der Waals surface area contributed by atoms with E-state index in [4.69, 9.17) is 68.0 Å². The summed E-state index contributed by atoms with van der Waals surface area (Å²) in [5.74, 6) is 0. The number of ether oxygens (including phenoxy) is 1. The van der Waals surface area contributed by atoms with E-state index in [0.29, 0.717) is 5.56 Å². The molecule has 2 rings (SSSR count). The van der Waals surface area contributed by atoms with Gasteiger partial charge in [-0.2, -0.15) is 0 Å². The van der Waals surface area contributed by atoms with Gasteiger partial charge in [-0.15, -0.1) is 0 Å². The molecule has 1 aromatic rings. The minimum absolute atomic E-state index is 0.0529. The van der Waals surface area contributed by atoms with Crippen molar-refractivity contribution in [1.82, 2.24) is 9.55 Å². The zero-order chi connectivity index (χ0) is 29.1. The standard InChI is InChI=1S/C11H15N5O5.3H3O4P/c1-6-3-16(10(19)14-9(6)18)8-2-11(20,5-13-15-12)7(4-17)21-8;3*1-5(2,3)4/h3,7-8,17,20H,2,4-5H2,1H3,(H,14,18,19);3*(H3,1,2,3,4)/t7-,8-,11-;;;/m1.../s1. The lowest BCUT2D eigenvalue weighted by Crippen LogP contribution is -2.43. The molecular weight excluding hydrogens is 567 g/mol. The molecule has 0 saturated carbocycles. The van der Waals surface area contributed by atoms with Crippen LogP contribution in [0, 0.1) is 6.92 Å². The average Bonchev–Trinajstić information content (AvgIpc) is 2.95. The van der Waals surface area contributed by atoms with Gasteiger partial charge in [-0.25, -0.2) is 18.5 Å². The predicted octanol–water partition coefficient (Wildman–Crippen LogP) is -3.62. The lowest BCUT2D eigenvalue weighted by Gasteiger charge is -2.24. The van der Waals surface area contributed by atoms with E-state index in [0.717, 1.165) is 4.57 Å². The van der Waals surface area contributed by atoms with E-state index in [1.807, 2.05) is 0 Å². The van der Waals surface area contributed by atoms with Crippen LogP contribution in [0.4, 0.5) is 0 Å². The Morgan fingerprint density at radius 3 is 1.86 bits per heavy atom. The molecular formula is C11H24N5O17P3. The molecule has 210 valence electrons. The SMILES string of the molecule is Cc1cn([C@H]2C[C@@](O)(CN=[N+]=[N-])[C@@H](CO)O2)c(=O)[nH]c1=O.O=P(O)(O)O.O=P(O)(O)O.O=P(O)(O)O. The molecule has 0 spiro atoms. The maximum atomic E-state index is 11.8. The number of hydrogen-bond acceptors (Lipinski definition) is 9. The van der Waals surface area contributed by atoms with Gasteiger partial charge in [-0.05, 0) is 12.5 Å². The maximum Gasteiger partial charge on any atom is 0.466 e. The summed E-state index contributed by atoms with van der Waals surface area (Å²) >= 11 is 0. The number of aliphatic hydroxyl groups excluding tert-OH is 1. The van der Waals surface area contributed by atoms with Gasteiger partial charge in [0.15, 0.2) is 0 Å². The topological polar surface area (TPSA) is 387 Å². The van der Waals surface area contributed by atoms with Crippen LogP contribution in [0.1, 0.15) is 18.2 Å². The van der Waals surface area contributed by atoms with Crippen molar-refractivity contribution in [3.05, 3.63) is 43.0 Å². The summed E-state index contributed by atoms with van der Waals surface area (Å²) in [4.78, 5) is 92.5. The van der Waals surface area contributed by atoms with Crippen LogP contribution >= 0.6 is 23.5 Å². The Morgan fingerprint density at radius 1 is 1.08 bits per heavy atom. The number of aromatic amines is 1. The second kappa shape index (κ2) is 14.8. The third-order valence-corrected chi connectivity index (χ3v) is 3.48. The molecule has 25 heteroatoms. The Labute approximate surface area is 199 Å². The highest BCUT2D eigenvalue weighted by Gasteiger charge is 2.47. The zero-order valence-electron chi connectivity index (χ0n) is 17.9. The summed E-state index contributed by atoms with van der Waals surface area (Å²) in [6.07, 6.45) is -0.599. The molecule has 22 nitrogen and oxygen atoms in total. The van der Waals surface area contributed by atoms with E-state index < -0.39 is 59.3 Å². The van der Waals surface area contributed by atoms with Gasteiger partial charge in [0, 0.05) is 23.1 Å². The van der Waals surface area contributed by atoms with Crippen molar-refractivity contribution >= 4 is 23.5 Å². The lowest BCUT2D eigenvalue weighted by molar-refractivity contribution is -0.0786. The van der Waals surface area contributed by atoms with Crippen LogP contribution in [0.2, 0.25) is 0 Å². The number of nitrogens with zero attached hydrogens (tertiary/aromatic N) is 4. The molecule has 0 amide bonds. The average molecular weight is 591 g/mol. The fourth-order valence-corrected chi connectivity index (χ4v) is 2.30. The van der Waals surface area contributed by atoms with E-state index in [1.54, 1.807) is 0 Å². The quantitative estimate of drug-likeness (QED) is 0.0695. The minimum Gasteiger partial charge on any atom is -0.394 e. The van der Waals surface area contributed by atoms with Gasteiger partial charge in [-0.1, -0.05) is 5.11 Å². The molecule has 2 heterocycles. The number of aromatic nitrogens is 2. The summed E-state index contributed by atoms with van der Waals surface area (Å²) in [7, 11) is -13.9. The first kappa shape index (κ1) is 36.4. The van der Waals surface area contributed by atoms with Gasteiger partial charge in [0.05, 0.1) is 13.2 Å². The monoisotopic (exact) mass is 591 g/mol. The van der Waals surface area contributed by atoms with Crippen LogP contribution in [0.5, 0.6) is 0 Å². The summed E-state index contributed by atoms with van der Waals surface area (Å²) in [6.45, 7) is 0.743. The molecule has 36 heavy (non-hydrogen) atoms. The first-order valence-electron chi connectivity index (χ1n) is 8.57. The molecule has 0 aliphatic carbocycles. The fourth-order valence-electron chi connectivity index (χ4n) is 2.30. The number of H-pyrrole nitrogens is 1. The number of rotatable bonds is 4. The van der Waals surface area contributed by atoms with E-state index in [2.05, 4.69) is 15.0 Å². The predicted molar refractivity (Wildman–Crippen MR) is 113 cm³/mol. The van der Waals surface area contributed by atoms with Crippen molar-refractivity contribution in [2.45, 2.75) is 31.3 Å². The molecule has 0 aromatic carbocycles. The molecule has 1 aliphatic rings. The highest BCUT2D eigenvalue weighted by atomic mass is 31.2. The number of hydrogen-bond donors (Lipinski definition) is 12. The highest BCUT2D eigenvalue weighted by molar-refractivity contribution is 7.45. The number of azide groups is 1. The molecule has 12 N–H and O–H groups in total. The summed E-state index contributed by atoms with van der Waals surface area (Å²) < 4.78 is 33.2. The van der Waals surface area contributed by atoms with Crippen molar-refractivity contribution in [2.75, 3.05) is 13.2 Å². The van der Waals surface area contributed by atoms with Gasteiger partial charge < -0.3 is 59.0 Å². The van der Waals surface area contributed by atoms with E-state index >= 15 is 0 Å². The first-order valence-corrected chi connectivity index (χ1v) is 13.3. The normalized spacial score (nSPS) is 21.4. The molecule has 0 unspecified atom stereocenters. The van der Waals surface area contributed by atoms with Crippen molar-refractivity contribution in [3.8, 4) is 0 Å². The van der Waals surface area contributed by atoms with Crippen LogP contribution in [0.15, 0.2) is 20.9 Å². The smallest absolute Gasteiger partial charge is 0.394 e. The van der Waals surface area contributed by atoms with Crippen molar-refractivity contribution in [1.29, 1.82) is 0 Å². The number of phosphoric acid groups is 3. The summed E-state index contributed by atoms with van der Waals surface area (Å²) in [5, 5.41) is 23.0. The number of aliphatic hydroxyl groups is 2. The van der Waals surface area contributed by atoms with Gasteiger partial charge >= 0.3 is 29.2 Å². The Kier molecular flexibility index (Phi) is 15.0. The molecule has 1 aliphatic heterocycles. The first-order chi connectivity index (χ1) is 15.9. The summed E-state index contributed by atoms with van der Waals surface area (Å²) in [5.41, 5.74) is 5.90. The molecule has 0 radical (unpaired) electrons. The van der Waals surface area contributed by atoms with Gasteiger partial charge in [-0.3, -0.25) is 14.3 Å². The van der Waals surface area contributed by atoms with Crippen LogP contribution < -0.4 is 11.2 Å². The van der Waals surface area contributed by atoms with Crippen LogP contribution in [0.25, 0.3) is 10.4 Å². The van der Waals surface area contributed by atoms with Gasteiger partial charge in [0.2, 0.25) is 0 Å². The Morgan fingerprint density at radius 2 is 1.50 bits per heavy atom. The van der Waals surface area contributed by atoms with E-state index in [9.17, 15) is 19.8 Å². The Balaban J connectivity index is 0. The largest absolute Gasteiger partial charge is 0.466 e. The second-order valence-electron chi connectivity index (χ2n) is 6.48. The highest BCUT2D eigenvalue weighted by Crippen LogP contribution is 2.36. The molecule has 1 saturated heterocycles. The minimum atomic E-state index is -4.64. The van der Waals surface area contributed by atoms with Gasteiger partial charge in [0.25, 0.3) is 5.56 Å². The molecule has 3 atom stereocenters. The number of nitrogens with one attached hydrogen (secondary N) is 1. The Bertz CT molecular complexity index is 1070. The third-order valence-electron chi connectivity index (χ3n) is 3.48. The van der Waals surface area contributed by atoms with Crippen molar-refractivity contribution in [3.63, 3.8) is 0 Å². The number of aryl methyl sites for hydroxylation is 1. The zero-order valence-corrected chi connectivity index (χ0v) is 20.5. The third kappa shape index (κ3) is 19.4. The molecule has 1 fully saturated rings. The van der Waals surface area contributed by atoms with Crippen molar-refractivity contribution in [2.24, 2.45) is 5.11 Å². The fraction of sp³-hybridized carbons (Fsp3) is 0.636. The lowest BCUT2D eigenvalue weighted by atomic mass is 9.95. The molecule has 0 bridgehead atoms. The van der Waals surface area contributed by atoms with Crippen LogP contribution in [-0.4, -0.2) is 88.7 Å². The van der Waals surface area contributed by atoms with E-state index in [-0.39, 0.29) is 13.0 Å². The second-order valence-corrected chi connectivity index (χ2v) is 9.56. The van der Waals surface area contributed by atoms with Crippen molar-refractivity contribution < 1.29 is 72.7 Å². The van der Waals surface area contributed by atoms with Crippen LogP contribution in [0.3, 0.4) is 0 Å². The molecule has 1 aromatic heterocycles. The summed E-state index contributed by atoms with van der Waals surface area (Å²) in [6, 6.07) is 0. The van der Waals surface area contributed by atoms with E-state index in [1.165, 1.54) is 13.1 Å². The maximum absolute atomic E-state index is 11.8. The Hall–Kier alpha value is -1.80.